The number of nitrogens with one attached hydrogen (secondary N) is 1. The van der Waals surface area contributed by atoms with Gasteiger partial charge >= 0.3 is 0 Å². The number of hydrogen-bond acceptors (Lipinski definition) is 3. The van der Waals surface area contributed by atoms with Crippen molar-refractivity contribution in [2.75, 3.05) is 5.32 Å². The molecular weight excluding hydrogens is 300 g/mol. The van der Waals surface area contributed by atoms with E-state index in [4.69, 9.17) is 4.42 Å². The second-order valence-electron chi connectivity index (χ2n) is 5.66. The average molecular weight is 320 g/mol. The van der Waals surface area contributed by atoms with Gasteiger partial charge in [-0.15, -0.1) is 0 Å². The molecule has 122 valence electrons. The van der Waals surface area contributed by atoms with E-state index < -0.39 is 0 Å². The van der Waals surface area contributed by atoms with E-state index >= 15 is 0 Å². The molecule has 1 N–H and O–H groups in total. The molecule has 0 saturated heterocycles. The van der Waals surface area contributed by atoms with E-state index in [-0.39, 0.29) is 5.91 Å². The van der Waals surface area contributed by atoms with Gasteiger partial charge in [-0.1, -0.05) is 31.2 Å². The van der Waals surface area contributed by atoms with Gasteiger partial charge in [0.05, 0.1) is 6.20 Å². The fraction of sp³-hybridized carbons (Fsp3) is 0.200. The number of nitrogens with zero attached hydrogens (tertiary/aromatic N) is 1. The Balaban J connectivity index is 1.52. The molecule has 3 aromatic rings. The first kappa shape index (κ1) is 16.0. The van der Waals surface area contributed by atoms with Crippen LogP contribution in [0, 0.1) is 0 Å². The second kappa shape index (κ2) is 7.59. The van der Waals surface area contributed by atoms with Crippen LogP contribution in [-0.2, 0) is 17.6 Å². The zero-order valence-corrected chi connectivity index (χ0v) is 13.7. The molecule has 0 aliphatic carbocycles. The highest BCUT2D eigenvalue weighted by Gasteiger charge is 2.05. The summed E-state index contributed by atoms with van der Waals surface area (Å²) in [7, 11) is 0. The highest BCUT2D eigenvalue weighted by atomic mass is 16.3. The lowest BCUT2D eigenvalue weighted by Crippen LogP contribution is -2.12. The number of carbonyl (C=O) groups is 1. The molecule has 0 aliphatic heterocycles. The van der Waals surface area contributed by atoms with Crippen LogP contribution >= 0.6 is 0 Å². The Labute approximate surface area is 141 Å². The molecule has 0 bridgehead atoms. The van der Waals surface area contributed by atoms with Crippen molar-refractivity contribution in [1.29, 1.82) is 0 Å². The minimum Gasteiger partial charge on any atom is -0.444 e. The van der Waals surface area contributed by atoms with Crippen molar-refractivity contribution in [3.63, 3.8) is 0 Å². The van der Waals surface area contributed by atoms with Crippen LogP contribution < -0.4 is 5.32 Å². The third-order valence-electron chi connectivity index (χ3n) is 3.96. The van der Waals surface area contributed by atoms with E-state index in [1.54, 1.807) is 6.20 Å². The maximum atomic E-state index is 12.1. The van der Waals surface area contributed by atoms with E-state index in [1.807, 2.05) is 24.3 Å². The third kappa shape index (κ3) is 4.10. The zero-order chi connectivity index (χ0) is 16.8. The van der Waals surface area contributed by atoms with Gasteiger partial charge in [-0.2, -0.15) is 0 Å². The van der Waals surface area contributed by atoms with Crippen molar-refractivity contribution in [2.24, 2.45) is 0 Å². The number of amides is 1. The predicted molar refractivity (Wildman–Crippen MR) is 94.7 cm³/mol. The summed E-state index contributed by atoms with van der Waals surface area (Å²) in [4.78, 5) is 16.0. The highest BCUT2D eigenvalue weighted by Crippen LogP contribution is 2.20. The number of hydrogen-bond donors (Lipinski definition) is 1. The number of carbonyl (C=O) groups excluding carboxylic acids is 1. The molecule has 0 unspecified atom stereocenters. The molecule has 4 nitrogen and oxygen atoms in total. The predicted octanol–water partition coefficient (Wildman–Crippen LogP) is 4.48. The summed E-state index contributed by atoms with van der Waals surface area (Å²) in [6, 6.07) is 16.0. The summed E-state index contributed by atoms with van der Waals surface area (Å²) in [6.07, 6.45) is 5.31. The minimum atomic E-state index is 0.0157. The van der Waals surface area contributed by atoms with Gasteiger partial charge in [0.25, 0.3) is 0 Å². The first-order chi connectivity index (χ1) is 11.7. The molecule has 0 fully saturated rings. The fourth-order valence-electron chi connectivity index (χ4n) is 2.50. The second-order valence-corrected chi connectivity index (χ2v) is 5.66. The molecule has 0 spiro atoms. The maximum Gasteiger partial charge on any atom is 0.224 e. The van der Waals surface area contributed by atoms with Gasteiger partial charge in [-0.3, -0.25) is 4.79 Å². The van der Waals surface area contributed by atoms with Crippen molar-refractivity contribution in [3.8, 4) is 11.3 Å². The van der Waals surface area contributed by atoms with Gasteiger partial charge in [0.2, 0.25) is 5.91 Å². The fourth-order valence-corrected chi connectivity index (χ4v) is 2.50. The van der Waals surface area contributed by atoms with E-state index in [0.717, 1.165) is 24.1 Å². The number of anilines is 1. The van der Waals surface area contributed by atoms with Crippen LogP contribution in [0.4, 0.5) is 5.69 Å². The van der Waals surface area contributed by atoms with Gasteiger partial charge < -0.3 is 9.73 Å². The van der Waals surface area contributed by atoms with Crippen molar-refractivity contribution < 1.29 is 9.21 Å². The molecule has 4 heteroatoms. The SMILES string of the molecule is CCc1ccc(CCC(=O)Nc2ccc(-c3cnco3)cc2)cc1. The highest BCUT2D eigenvalue weighted by molar-refractivity contribution is 5.91. The van der Waals surface area contributed by atoms with Crippen LogP contribution in [0.15, 0.2) is 65.5 Å². The van der Waals surface area contributed by atoms with Gasteiger partial charge in [-0.05, 0) is 48.2 Å². The Morgan fingerprint density at radius 2 is 1.75 bits per heavy atom. The molecule has 0 radical (unpaired) electrons. The van der Waals surface area contributed by atoms with Crippen molar-refractivity contribution in [1.82, 2.24) is 4.98 Å². The van der Waals surface area contributed by atoms with Gasteiger partial charge in [0.1, 0.15) is 0 Å². The molecule has 0 aliphatic rings. The van der Waals surface area contributed by atoms with Gasteiger partial charge in [-0.25, -0.2) is 4.98 Å². The first-order valence-corrected chi connectivity index (χ1v) is 8.11. The Kier molecular flexibility index (Phi) is 5.06. The third-order valence-corrected chi connectivity index (χ3v) is 3.96. The Morgan fingerprint density at radius 3 is 2.38 bits per heavy atom. The van der Waals surface area contributed by atoms with Crippen LogP contribution in [0.1, 0.15) is 24.5 Å². The van der Waals surface area contributed by atoms with Crippen molar-refractivity contribution in [3.05, 3.63) is 72.2 Å². The molecule has 24 heavy (non-hydrogen) atoms. The number of oxazole rings is 1. The topological polar surface area (TPSA) is 55.1 Å². The van der Waals surface area contributed by atoms with E-state index in [1.165, 1.54) is 17.5 Å². The van der Waals surface area contributed by atoms with Crippen molar-refractivity contribution >= 4 is 11.6 Å². The molecule has 3 rings (SSSR count). The van der Waals surface area contributed by atoms with Gasteiger partial charge in [0, 0.05) is 17.7 Å². The summed E-state index contributed by atoms with van der Waals surface area (Å²) in [5.74, 6) is 0.727. The summed E-state index contributed by atoms with van der Waals surface area (Å²) in [5.41, 5.74) is 4.21. The summed E-state index contributed by atoms with van der Waals surface area (Å²) in [5, 5.41) is 2.92. The minimum absolute atomic E-state index is 0.0157. The van der Waals surface area contributed by atoms with Gasteiger partial charge in [0.15, 0.2) is 12.2 Å². The Hall–Kier alpha value is -2.88. The zero-order valence-electron chi connectivity index (χ0n) is 13.7. The lowest BCUT2D eigenvalue weighted by molar-refractivity contribution is -0.116. The number of aryl methyl sites for hydroxylation is 2. The van der Waals surface area contributed by atoms with E-state index in [9.17, 15) is 4.79 Å². The normalized spacial score (nSPS) is 10.5. The Bertz CT molecular complexity index is 776. The molecular formula is C20H20N2O2. The van der Waals surface area contributed by atoms with Crippen LogP contribution in [-0.4, -0.2) is 10.9 Å². The maximum absolute atomic E-state index is 12.1. The average Bonchev–Trinajstić information content (AvgIpc) is 3.16. The molecule has 0 saturated carbocycles. The van der Waals surface area contributed by atoms with Crippen LogP contribution in [0.5, 0.6) is 0 Å². The lowest BCUT2D eigenvalue weighted by Gasteiger charge is -2.06. The number of benzene rings is 2. The van der Waals surface area contributed by atoms with E-state index in [2.05, 4.69) is 41.5 Å². The first-order valence-electron chi connectivity index (χ1n) is 8.11. The molecule has 1 amide bonds. The van der Waals surface area contributed by atoms with Crippen LogP contribution in [0.2, 0.25) is 0 Å². The van der Waals surface area contributed by atoms with Crippen molar-refractivity contribution in [2.45, 2.75) is 26.2 Å². The van der Waals surface area contributed by atoms with Crippen LogP contribution in [0.3, 0.4) is 0 Å². The molecule has 0 atom stereocenters. The van der Waals surface area contributed by atoms with Crippen LogP contribution in [0.25, 0.3) is 11.3 Å². The molecule has 2 aromatic carbocycles. The molecule has 1 aromatic heterocycles. The number of rotatable bonds is 6. The summed E-state index contributed by atoms with van der Waals surface area (Å²) < 4.78 is 5.25. The standard InChI is InChI=1S/C20H20N2O2/c1-2-15-3-5-16(6-4-15)7-12-20(23)22-18-10-8-17(9-11-18)19-13-21-14-24-19/h3-6,8-11,13-14H,2,7,12H2,1H3,(H,22,23). The quantitative estimate of drug-likeness (QED) is 0.729. The summed E-state index contributed by atoms with van der Waals surface area (Å²) in [6.45, 7) is 2.14. The molecule has 1 heterocycles. The largest absolute Gasteiger partial charge is 0.444 e. The smallest absolute Gasteiger partial charge is 0.224 e. The van der Waals surface area contributed by atoms with E-state index in [0.29, 0.717) is 12.2 Å². The lowest BCUT2D eigenvalue weighted by atomic mass is 10.1. The number of aromatic nitrogens is 1. The monoisotopic (exact) mass is 320 g/mol. The Morgan fingerprint density at radius 1 is 1.04 bits per heavy atom. The summed E-state index contributed by atoms with van der Waals surface area (Å²) >= 11 is 0.